The number of hydrogen-bond acceptors (Lipinski definition) is 6. The molecule has 1 atom stereocenters. The van der Waals surface area contributed by atoms with Crippen LogP contribution in [0.5, 0.6) is 0 Å². The van der Waals surface area contributed by atoms with Crippen LogP contribution in [0.3, 0.4) is 0 Å². The quantitative estimate of drug-likeness (QED) is 0.744. The van der Waals surface area contributed by atoms with Gasteiger partial charge in [0.15, 0.2) is 0 Å². The molecule has 5 nitrogen and oxygen atoms in total. The third-order valence-electron chi connectivity index (χ3n) is 3.71. The third-order valence-corrected chi connectivity index (χ3v) is 4.85. The van der Waals surface area contributed by atoms with E-state index in [0.29, 0.717) is 11.6 Å². The predicted octanol–water partition coefficient (Wildman–Crippen LogP) is 1.88. The molecule has 4 N–H and O–H groups in total. The fourth-order valence-electron chi connectivity index (χ4n) is 2.15. The summed E-state index contributed by atoms with van der Waals surface area (Å²) in [6.07, 6.45) is 1.80. The van der Waals surface area contributed by atoms with E-state index in [1.165, 1.54) is 24.2 Å². The maximum atomic E-state index is 10.2. The van der Waals surface area contributed by atoms with Crippen LogP contribution in [0.1, 0.15) is 35.2 Å². The summed E-state index contributed by atoms with van der Waals surface area (Å²) in [5.74, 6) is 0.717. The van der Waals surface area contributed by atoms with Gasteiger partial charge < -0.3 is 10.8 Å². The van der Waals surface area contributed by atoms with E-state index in [1.807, 2.05) is 13.8 Å². The van der Waals surface area contributed by atoms with Crippen molar-refractivity contribution < 1.29 is 5.11 Å². The van der Waals surface area contributed by atoms with Gasteiger partial charge >= 0.3 is 0 Å². The van der Waals surface area contributed by atoms with Gasteiger partial charge in [0, 0.05) is 11.9 Å². The van der Waals surface area contributed by atoms with E-state index in [2.05, 4.69) is 15.5 Å². The number of hydrogen-bond donors (Lipinski definition) is 3. The minimum absolute atomic E-state index is 0.631. The molecule has 1 aliphatic carbocycles. The summed E-state index contributed by atoms with van der Waals surface area (Å²) < 4.78 is 0. The standard InChI is InChI=1S/C13H18N4OS/c1-6-7(2)16-17-13-9(6)10(14)11(19-13)12(18)15-5-8-3-4-8/h8,12,15,18H,3-5,14H2,1-2H3. The lowest BCUT2D eigenvalue weighted by atomic mass is 10.1. The lowest BCUT2D eigenvalue weighted by Crippen LogP contribution is -2.23. The molecule has 1 aliphatic rings. The van der Waals surface area contributed by atoms with Gasteiger partial charge in [-0.2, -0.15) is 5.10 Å². The van der Waals surface area contributed by atoms with Crippen LogP contribution in [-0.4, -0.2) is 21.8 Å². The summed E-state index contributed by atoms with van der Waals surface area (Å²) in [5, 5.41) is 22.5. The molecule has 19 heavy (non-hydrogen) atoms. The van der Waals surface area contributed by atoms with Crippen molar-refractivity contribution in [1.82, 2.24) is 15.5 Å². The van der Waals surface area contributed by atoms with Gasteiger partial charge in [-0.05, 0) is 38.2 Å². The lowest BCUT2D eigenvalue weighted by molar-refractivity contribution is 0.142. The lowest BCUT2D eigenvalue weighted by Gasteiger charge is -2.11. The number of nitrogen functional groups attached to an aromatic ring is 1. The zero-order valence-electron chi connectivity index (χ0n) is 11.1. The van der Waals surface area contributed by atoms with Crippen LogP contribution >= 0.6 is 11.3 Å². The summed E-state index contributed by atoms with van der Waals surface area (Å²) in [5.41, 5.74) is 8.72. The molecule has 0 saturated heterocycles. The number of thiophene rings is 1. The highest BCUT2D eigenvalue weighted by molar-refractivity contribution is 7.19. The molecular weight excluding hydrogens is 260 g/mol. The summed E-state index contributed by atoms with van der Waals surface area (Å²) in [6, 6.07) is 0. The molecule has 0 radical (unpaired) electrons. The Hall–Kier alpha value is -1.24. The Morgan fingerprint density at radius 3 is 2.84 bits per heavy atom. The van der Waals surface area contributed by atoms with Gasteiger partial charge in [0.05, 0.1) is 16.3 Å². The Morgan fingerprint density at radius 2 is 2.16 bits per heavy atom. The van der Waals surface area contributed by atoms with Crippen molar-refractivity contribution in [2.75, 3.05) is 12.3 Å². The van der Waals surface area contributed by atoms with Crippen LogP contribution < -0.4 is 11.1 Å². The Morgan fingerprint density at radius 1 is 1.42 bits per heavy atom. The summed E-state index contributed by atoms with van der Waals surface area (Å²) in [7, 11) is 0. The SMILES string of the molecule is Cc1nnc2sc(C(O)NCC3CC3)c(N)c2c1C. The fraction of sp³-hybridized carbons (Fsp3) is 0.538. The Kier molecular flexibility index (Phi) is 3.16. The molecular formula is C13H18N4OS. The maximum Gasteiger partial charge on any atom is 0.148 e. The molecule has 2 aromatic rings. The van der Waals surface area contributed by atoms with Crippen molar-refractivity contribution in [1.29, 1.82) is 0 Å². The van der Waals surface area contributed by atoms with Crippen LogP contribution in [0.15, 0.2) is 0 Å². The van der Waals surface area contributed by atoms with Crippen molar-refractivity contribution in [2.24, 2.45) is 5.92 Å². The van der Waals surface area contributed by atoms with Crippen LogP contribution in [0.2, 0.25) is 0 Å². The van der Waals surface area contributed by atoms with Gasteiger partial charge in [0.1, 0.15) is 11.1 Å². The molecule has 0 aliphatic heterocycles. The molecule has 6 heteroatoms. The second-order valence-corrected chi connectivity index (χ2v) is 6.26. The molecule has 1 unspecified atom stereocenters. The first kappa shape index (κ1) is 12.8. The van der Waals surface area contributed by atoms with Gasteiger partial charge in [-0.25, -0.2) is 0 Å². The van der Waals surface area contributed by atoms with Crippen molar-refractivity contribution in [2.45, 2.75) is 32.9 Å². The van der Waals surface area contributed by atoms with E-state index in [1.54, 1.807) is 0 Å². The van der Waals surface area contributed by atoms with Gasteiger partial charge in [-0.15, -0.1) is 16.4 Å². The second-order valence-electron chi connectivity index (χ2n) is 5.22. The van der Waals surface area contributed by atoms with Crippen molar-refractivity contribution in [3.63, 3.8) is 0 Å². The number of nitrogens with one attached hydrogen (secondary N) is 1. The zero-order valence-corrected chi connectivity index (χ0v) is 11.9. The molecule has 2 aromatic heterocycles. The van der Waals surface area contributed by atoms with E-state index in [-0.39, 0.29) is 0 Å². The van der Waals surface area contributed by atoms with E-state index >= 15 is 0 Å². The number of nitrogens with zero attached hydrogens (tertiary/aromatic N) is 2. The summed E-state index contributed by atoms with van der Waals surface area (Å²) in [6.45, 7) is 4.75. The third kappa shape index (κ3) is 2.31. The Bertz CT molecular complexity index is 621. The smallest absolute Gasteiger partial charge is 0.148 e. The number of aliphatic hydroxyl groups excluding tert-OH is 1. The molecule has 3 rings (SSSR count). The molecule has 102 valence electrons. The number of rotatable bonds is 4. The number of aryl methyl sites for hydroxylation is 2. The highest BCUT2D eigenvalue weighted by atomic mass is 32.1. The first-order valence-corrected chi connectivity index (χ1v) is 7.32. The minimum Gasteiger partial charge on any atom is -0.397 e. The van der Waals surface area contributed by atoms with Gasteiger partial charge in [0.2, 0.25) is 0 Å². The maximum absolute atomic E-state index is 10.2. The zero-order chi connectivity index (χ0) is 13.6. The number of nitrogens with two attached hydrogens (primary N) is 1. The topological polar surface area (TPSA) is 84.1 Å². The van der Waals surface area contributed by atoms with E-state index < -0.39 is 6.23 Å². The summed E-state index contributed by atoms with van der Waals surface area (Å²) >= 11 is 1.42. The van der Waals surface area contributed by atoms with E-state index in [9.17, 15) is 5.11 Å². The molecule has 1 fully saturated rings. The molecule has 2 heterocycles. The highest BCUT2D eigenvalue weighted by Crippen LogP contribution is 2.38. The predicted molar refractivity (Wildman–Crippen MR) is 77.0 cm³/mol. The summed E-state index contributed by atoms with van der Waals surface area (Å²) in [4.78, 5) is 1.54. The molecule has 0 amide bonds. The molecule has 1 saturated carbocycles. The normalized spacial score (nSPS) is 17.0. The number of anilines is 1. The largest absolute Gasteiger partial charge is 0.397 e. The highest BCUT2D eigenvalue weighted by Gasteiger charge is 2.24. The number of aliphatic hydroxyl groups is 1. The van der Waals surface area contributed by atoms with Crippen LogP contribution in [0, 0.1) is 19.8 Å². The van der Waals surface area contributed by atoms with Gasteiger partial charge in [-0.3, -0.25) is 5.32 Å². The van der Waals surface area contributed by atoms with Crippen molar-refractivity contribution in [3.8, 4) is 0 Å². The monoisotopic (exact) mass is 278 g/mol. The van der Waals surface area contributed by atoms with Crippen LogP contribution in [0.4, 0.5) is 5.69 Å². The number of fused-ring (bicyclic) bond motifs is 1. The average molecular weight is 278 g/mol. The Labute approximate surface area is 115 Å². The van der Waals surface area contributed by atoms with Gasteiger partial charge in [-0.1, -0.05) is 0 Å². The fourth-order valence-corrected chi connectivity index (χ4v) is 3.22. The minimum atomic E-state index is -0.709. The Balaban J connectivity index is 1.94. The van der Waals surface area contributed by atoms with Crippen LogP contribution in [-0.2, 0) is 0 Å². The van der Waals surface area contributed by atoms with E-state index in [4.69, 9.17) is 5.73 Å². The molecule has 0 bridgehead atoms. The molecule has 0 spiro atoms. The average Bonchev–Trinajstić information content (AvgIpc) is 3.15. The van der Waals surface area contributed by atoms with Crippen LogP contribution in [0.25, 0.3) is 10.2 Å². The van der Waals surface area contributed by atoms with Crippen molar-refractivity contribution in [3.05, 3.63) is 16.1 Å². The van der Waals surface area contributed by atoms with Crippen molar-refractivity contribution >= 4 is 27.2 Å². The molecule has 0 aromatic carbocycles. The number of aromatic nitrogens is 2. The first-order chi connectivity index (χ1) is 9.08. The second kappa shape index (κ2) is 4.70. The van der Waals surface area contributed by atoms with Gasteiger partial charge in [0.25, 0.3) is 0 Å². The first-order valence-electron chi connectivity index (χ1n) is 6.51. The van der Waals surface area contributed by atoms with E-state index in [0.717, 1.165) is 32.9 Å².